The Morgan fingerprint density at radius 3 is 2.89 bits per heavy atom. The summed E-state index contributed by atoms with van der Waals surface area (Å²) in [6.45, 7) is 2.89. The fourth-order valence-corrected chi connectivity index (χ4v) is 3.01. The largest absolute Gasteiger partial charge is 0.305 e. The van der Waals surface area contributed by atoms with Crippen LogP contribution in [0.4, 0.5) is 10.2 Å². The van der Waals surface area contributed by atoms with Gasteiger partial charge in [0.25, 0.3) is 0 Å². The highest BCUT2D eigenvalue weighted by molar-refractivity contribution is 9.10. The van der Waals surface area contributed by atoms with E-state index in [4.69, 9.17) is 11.6 Å². The van der Waals surface area contributed by atoms with Crippen molar-refractivity contribution in [2.24, 2.45) is 0 Å². The van der Waals surface area contributed by atoms with Gasteiger partial charge in [0.05, 0.1) is 17.2 Å². The molecule has 1 aromatic carbocycles. The third-order valence-electron chi connectivity index (χ3n) is 3.74. The van der Waals surface area contributed by atoms with Gasteiger partial charge in [-0.25, -0.2) is 4.39 Å². The molecule has 2 aromatic heterocycles. The predicted octanol–water partition coefficient (Wildman–Crippen LogP) is 4.35. The Labute approximate surface area is 168 Å². The number of nitrogens with zero attached hydrogens (tertiary/aromatic N) is 4. The van der Waals surface area contributed by atoms with Crippen molar-refractivity contribution < 1.29 is 9.18 Å². The van der Waals surface area contributed by atoms with Gasteiger partial charge in [0.15, 0.2) is 5.82 Å². The molecule has 0 saturated carbocycles. The smallest absolute Gasteiger partial charge is 0.249 e. The van der Waals surface area contributed by atoms with E-state index in [1.807, 2.05) is 13.1 Å². The van der Waals surface area contributed by atoms with Crippen molar-refractivity contribution in [2.45, 2.75) is 20.0 Å². The second kappa shape index (κ2) is 8.49. The highest BCUT2D eigenvalue weighted by Gasteiger charge is 2.12. The van der Waals surface area contributed by atoms with Crippen LogP contribution in [-0.2, 0) is 17.9 Å². The first-order valence-corrected chi connectivity index (χ1v) is 9.30. The van der Waals surface area contributed by atoms with Crippen molar-refractivity contribution in [3.05, 3.63) is 69.3 Å². The monoisotopic (exact) mass is 451 g/mol. The maximum absolute atomic E-state index is 13.9. The second-order valence-electron chi connectivity index (χ2n) is 5.68. The Morgan fingerprint density at radius 2 is 2.19 bits per heavy atom. The number of amides is 1. The number of carbonyl (C=O) groups is 1. The number of aryl methyl sites for hydroxylation is 1. The molecule has 1 N–H and O–H groups in total. The highest BCUT2D eigenvalue weighted by Crippen LogP contribution is 2.24. The molecule has 0 radical (unpaired) electrons. The summed E-state index contributed by atoms with van der Waals surface area (Å²) in [6.07, 6.45) is 8.23. The maximum Gasteiger partial charge on any atom is 0.249 e. The van der Waals surface area contributed by atoms with Crippen LogP contribution >= 0.6 is 27.5 Å². The second-order valence-corrected chi connectivity index (χ2v) is 6.94. The Kier molecular flexibility index (Phi) is 6.08. The van der Waals surface area contributed by atoms with Crippen LogP contribution in [0.5, 0.6) is 0 Å². The predicted molar refractivity (Wildman–Crippen MR) is 106 cm³/mol. The summed E-state index contributed by atoms with van der Waals surface area (Å²) in [4.78, 5) is 12.1. The molecule has 0 bridgehead atoms. The van der Waals surface area contributed by atoms with E-state index in [-0.39, 0.29) is 12.5 Å². The van der Waals surface area contributed by atoms with Gasteiger partial charge in [-0.05, 0) is 41.1 Å². The van der Waals surface area contributed by atoms with Gasteiger partial charge < -0.3 is 5.32 Å². The number of anilines is 1. The zero-order valence-corrected chi connectivity index (χ0v) is 16.7. The van der Waals surface area contributed by atoms with Crippen molar-refractivity contribution >= 4 is 45.3 Å². The van der Waals surface area contributed by atoms with E-state index in [9.17, 15) is 9.18 Å². The molecule has 1 amide bonds. The topological polar surface area (TPSA) is 64.7 Å². The number of rotatable bonds is 6. The lowest BCUT2D eigenvalue weighted by Gasteiger charge is -2.05. The summed E-state index contributed by atoms with van der Waals surface area (Å²) >= 11 is 9.39. The number of benzene rings is 1. The Balaban J connectivity index is 1.68. The quantitative estimate of drug-likeness (QED) is 0.565. The van der Waals surface area contributed by atoms with Gasteiger partial charge >= 0.3 is 0 Å². The van der Waals surface area contributed by atoms with Gasteiger partial charge in [-0.15, -0.1) is 0 Å². The van der Waals surface area contributed by atoms with Crippen molar-refractivity contribution in [1.29, 1.82) is 0 Å². The van der Waals surface area contributed by atoms with Gasteiger partial charge in [-0.2, -0.15) is 10.2 Å². The Bertz CT molecular complexity index is 977. The molecule has 0 aliphatic carbocycles. The molecule has 2 heterocycles. The van der Waals surface area contributed by atoms with Crippen LogP contribution in [0, 0.1) is 5.82 Å². The standard InChI is InChI=1S/C18H16BrClFN5O/c1-2-25-9-12(8-22-25)6-7-17(27)23-18-14(19)11-26(24-18)10-13-15(20)4-3-5-16(13)21/h3-9,11H,2,10H2,1H3,(H,23,24,27)/b7-6+. The molecule has 0 atom stereocenters. The van der Waals surface area contributed by atoms with Crippen LogP contribution in [0.15, 0.2) is 47.3 Å². The average Bonchev–Trinajstić information content (AvgIpc) is 3.23. The minimum Gasteiger partial charge on any atom is -0.305 e. The van der Waals surface area contributed by atoms with Gasteiger partial charge in [0, 0.05) is 41.2 Å². The Hall–Kier alpha value is -2.45. The molecule has 3 aromatic rings. The van der Waals surface area contributed by atoms with Gasteiger partial charge in [0.2, 0.25) is 5.91 Å². The van der Waals surface area contributed by atoms with Crippen molar-refractivity contribution in [2.75, 3.05) is 5.32 Å². The van der Waals surface area contributed by atoms with Gasteiger partial charge in [-0.3, -0.25) is 14.2 Å². The molecular weight excluding hydrogens is 437 g/mol. The minimum atomic E-state index is -0.407. The summed E-state index contributed by atoms with van der Waals surface area (Å²) in [7, 11) is 0. The molecule has 9 heteroatoms. The van der Waals surface area contributed by atoms with E-state index in [0.717, 1.165) is 12.1 Å². The van der Waals surface area contributed by atoms with Crippen molar-refractivity contribution in [3.63, 3.8) is 0 Å². The van der Waals surface area contributed by atoms with E-state index in [1.54, 1.807) is 35.3 Å². The molecule has 27 heavy (non-hydrogen) atoms. The summed E-state index contributed by atoms with van der Waals surface area (Å²) in [5, 5.41) is 11.4. The molecule has 0 aliphatic rings. The van der Waals surface area contributed by atoms with Crippen LogP contribution in [0.25, 0.3) is 6.08 Å². The molecule has 0 spiro atoms. The first kappa shape index (κ1) is 19.3. The number of aromatic nitrogens is 4. The molecule has 140 valence electrons. The molecule has 6 nitrogen and oxygen atoms in total. The third kappa shape index (κ3) is 4.84. The molecule has 3 rings (SSSR count). The number of carbonyl (C=O) groups excluding carboxylic acids is 1. The van der Waals surface area contributed by atoms with Crippen LogP contribution < -0.4 is 5.32 Å². The van der Waals surface area contributed by atoms with E-state index >= 15 is 0 Å². The lowest BCUT2D eigenvalue weighted by molar-refractivity contribution is -0.111. The maximum atomic E-state index is 13.9. The highest BCUT2D eigenvalue weighted by atomic mass is 79.9. The molecule has 0 saturated heterocycles. The van der Waals surface area contributed by atoms with E-state index in [1.165, 1.54) is 16.8 Å². The number of nitrogens with one attached hydrogen (secondary N) is 1. The lowest BCUT2D eigenvalue weighted by Crippen LogP contribution is -2.10. The zero-order chi connectivity index (χ0) is 19.4. The normalized spacial score (nSPS) is 11.3. The number of hydrogen-bond donors (Lipinski definition) is 1. The first-order chi connectivity index (χ1) is 13.0. The van der Waals surface area contributed by atoms with Crippen molar-refractivity contribution in [1.82, 2.24) is 19.6 Å². The first-order valence-electron chi connectivity index (χ1n) is 8.13. The number of halogens is 3. The Morgan fingerprint density at radius 1 is 1.37 bits per heavy atom. The zero-order valence-electron chi connectivity index (χ0n) is 14.4. The van der Waals surface area contributed by atoms with Gasteiger partial charge in [0.1, 0.15) is 5.82 Å². The summed E-state index contributed by atoms with van der Waals surface area (Å²) in [6, 6.07) is 4.50. The molecule has 0 unspecified atom stereocenters. The third-order valence-corrected chi connectivity index (χ3v) is 4.68. The molecular formula is C18H16BrClFN5O. The fraction of sp³-hybridized carbons (Fsp3) is 0.167. The average molecular weight is 453 g/mol. The minimum absolute atomic E-state index is 0.145. The number of hydrogen-bond acceptors (Lipinski definition) is 3. The fourth-order valence-electron chi connectivity index (χ4n) is 2.38. The van der Waals surface area contributed by atoms with Crippen LogP contribution in [0.2, 0.25) is 5.02 Å². The van der Waals surface area contributed by atoms with Gasteiger partial charge in [-0.1, -0.05) is 17.7 Å². The summed E-state index contributed by atoms with van der Waals surface area (Å²) in [5.74, 6) is -0.411. The molecule has 0 fully saturated rings. The lowest BCUT2D eigenvalue weighted by atomic mass is 10.2. The van der Waals surface area contributed by atoms with E-state index in [2.05, 4.69) is 31.4 Å². The van der Waals surface area contributed by atoms with Crippen LogP contribution in [0.1, 0.15) is 18.1 Å². The summed E-state index contributed by atoms with van der Waals surface area (Å²) in [5.41, 5.74) is 1.16. The SMILES string of the molecule is CCn1cc(/C=C/C(=O)Nc2nn(Cc3c(F)cccc3Cl)cc2Br)cn1. The van der Waals surface area contributed by atoms with Crippen molar-refractivity contribution in [3.8, 4) is 0 Å². The van der Waals surface area contributed by atoms with Crippen LogP contribution in [0.3, 0.4) is 0 Å². The summed E-state index contributed by atoms with van der Waals surface area (Å²) < 4.78 is 17.8. The molecule has 0 aliphatic heterocycles. The van der Waals surface area contributed by atoms with E-state index in [0.29, 0.717) is 20.9 Å². The van der Waals surface area contributed by atoms with Crippen LogP contribution in [-0.4, -0.2) is 25.5 Å². The van der Waals surface area contributed by atoms with E-state index < -0.39 is 5.82 Å².